The minimum absolute atomic E-state index is 0.166. The number of esters is 1. The predicted molar refractivity (Wildman–Crippen MR) is 63.8 cm³/mol. The number of hydrogen-bond donors (Lipinski definition) is 1. The molecular weight excluding hydrogens is 210 g/mol. The Balaban J connectivity index is 2.66. The molecule has 1 saturated heterocycles. The van der Waals surface area contributed by atoms with Crippen LogP contribution in [0.2, 0.25) is 0 Å². The van der Waals surface area contributed by atoms with Crippen molar-refractivity contribution >= 4 is 17.7 Å². The third-order valence-corrected chi connectivity index (χ3v) is 4.68. The van der Waals surface area contributed by atoms with Crippen LogP contribution in [-0.2, 0) is 9.53 Å². The Labute approximate surface area is 96.1 Å². The lowest BCUT2D eigenvalue weighted by atomic mass is 9.72. The molecule has 1 aliphatic heterocycles. The van der Waals surface area contributed by atoms with Gasteiger partial charge >= 0.3 is 5.97 Å². The number of thioether (sulfide) groups is 1. The molecule has 1 heterocycles. The Morgan fingerprint density at radius 2 is 2.27 bits per heavy atom. The summed E-state index contributed by atoms with van der Waals surface area (Å²) in [5, 5.41) is 0. The molecular formula is C11H21NO2S. The summed E-state index contributed by atoms with van der Waals surface area (Å²) in [5.74, 6) is 2.57. The molecule has 0 aliphatic carbocycles. The second-order valence-corrected chi connectivity index (χ2v) is 5.89. The second-order valence-electron chi connectivity index (χ2n) is 4.74. The number of rotatable bonds is 3. The number of methoxy groups -OCH3 is 1. The number of carbonyl (C=O) groups excluding carboxylic acids is 1. The molecule has 0 aromatic rings. The fourth-order valence-electron chi connectivity index (χ4n) is 2.01. The van der Waals surface area contributed by atoms with E-state index in [1.54, 1.807) is 0 Å². The highest BCUT2D eigenvalue weighted by atomic mass is 32.2. The van der Waals surface area contributed by atoms with E-state index in [0.717, 1.165) is 5.75 Å². The molecule has 2 unspecified atom stereocenters. The molecule has 15 heavy (non-hydrogen) atoms. The van der Waals surface area contributed by atoms with E-state index in [-0.39, 0.29) is 11.4 Å². The average Bonchev–Trinajstić information content (AvgIpc) is 2.28. The summed E-state index contributed by atoms with van der Waals surface area (Å²) in [4.78, 5) is 11.4. The van der Waals surface area contributed by atoms with Crippen LogP contribution in [0.1, 0.15) is 26.7 Å². The standard InChI is InChI=1S/C11H21NO2S/c1-11(2,9(12)10(13)14-3)8-5-4-6-15-7-8/h8-9H,4-7,12H2,1-3H3. The summed E-state index contributed by atoms with van der Waals surface area (Å²) in [6.45, 7) is 4.15. The molecule has 1 fully saturated rings. The summed E-state index contributed by atoms with van der Waals surface area (Å²) >= 11 is 1.96. The van der Waals surface area contributed by atoms with E-state index in [0.29, 0.717) is 5.92 Å². The van der Waals surface area contributed by atoms with Gasteiger partial charge in [0.25, 0.3) is 0 Å². The van der Waals surface area contributed by atoms with E-state index in [9.17, 15) is 4.79 Å². The van der Waals surface area contributed by atoms with Crippen molar-refractivity contribution in [1.29, 1.82) is 0 Å². The number of nitrogens with two attached hydrogens (primary N) is 1. The van der Waals surface area contributed by atoms with Gasteiger partial charge in [-0.15, -0.1) is 0 Å². The minimum Gasteiger partial charge on any atom is -0.468 e. The summed E-state index contributed by atoms with van der Waals surface area (Å²) in [6, 6.07) is -0.508. The molecule has 2 atom stereocenters. The van der Waals surface area contributed by atoms with Crippen molar-refractivity contribution in [2.75, 3.05) is 18.6 Å². The first-order valence-electron chi connectivity index (χ1n) is 5.41. The summed E-state index contributed by atoms with van der Waals surface area (Å²) in [6.07, 6.45) is 2.40. The quantitative estimate of drug-likeness (QED) is 0.751. The van der Waals surface area contributed by atoms with Gasteiger partial charge in [0, 0.05) is 0 Å². The highest BCUT2D eigenvalue weighted by Crippen LogP contribution is 2.38. The van der Waals surface area contributed by atoms with E-state index in [4.69, 9.17) is 10.5 Å². The molecule has 2 N–H and O–H groups in total. The van der Waals surface area contributed by atoms with Gasteiger partial charge in [-0.1, -0.05) is 13.8 Å². The molecule has 0 saturated carbocycles. The molecule has 0 aromatic carbocycles. The van der Waals surface area contributed by atoms with Crippen molar-refractivity contribution in [2.24, 2.45) is 17.1 Å². The highest BCUT2D eigenvalue weighted by Gasteiger charge is 2.40. The topological polar surface area (TPSA) is 52.3 Å². The molecule has 0 bridgehead atoms. The largest absolute Gasteiger partial charge is 0.468 e. The van der Waals surface area contributed by atoms with Crippen molar-refractivity contribution < 1.29 is 9.53 Å². The van der Waals surface area contributed by atoms with Crippen LogP contribution >= 0.6 is 11.8 Å². The maximum atomic E-state index is 11.4. The first-order valence-corrected chi connectivity index (χ1v) is 6.56. The molecule has 0 amide bonds. The average molecular weight is 231 g/mol. The van der Waals surface area contributed by atoms with Crippen LogP contribution < -0.4 is 5.73 Å². The molecule has 0 spiro atoms. The smallest absolute Gasteiger partial charge is 0.323 e. The fourth-order valence-corrected chi connectivity index (χ4v) is 3.43. The Hall–Kier alpha value is -0.220. The van der Waals surface area contributed by atoms with Gasteiger partial charge in [-0.25, -0.2) is 0 Å². The van der Waals surface area contributed by atoms with Crippen molar-refractivity contribution in [3.8, 4) is 0 Å². The summed E-state index contributed by atoms with van der Waals surface area (Å²) in [5.41, 5.74) is 5.79. The molecule has 0 radical (unpaired) electrons. The molecule has 1 aliphatic rings. The van der Waals surface area contributed by atoms with E-state index in [1.165, 1.54) is 25.7 Å². The maximum Gasteiger partial charge on any atom is 0.323 e. The van der Waals surface area contributed by atoms with Gasteiger partial charge in [-0.3, -0.25) is 4.79 Å². The summed E-state index contributed by atoms with van der Waals surface area (Å²) in [7, 11) is 1.40. The maximum absolute atomic E-state index is 11.4. The lowest BCUT2D eigenvalue weighted by Crippen LogP contribution is -2.49. The van der Waals surface area contributed by atoms with Crippen LogP contribution in [0, 0.1) is 11.3 Å². The zero-order valence-corrected chi connectivity index (χ0v) is 10.6. The van der Waals surface area contributed by atoms with Crippen molar-refractivity contribution in [2.45, 2.75) is 32.7 Å². The van der Waals surface area contributed by atoms with Gasteiger partial charge in [0.05, 0.1) is 7.11 Å². The number of ether oxygens (including phenoxy) is 1. The summed E-state index contributed by atoms with van der Waals surface area (Å²) < 4.78 is 4.72. The minimum atomic E-state index is -0.508. The first kappa shape index (κ1) is 12.8. The molecule has 3 nitrogen and oxygen atoms in total. The van der Waals surface area contributed by atoms with Crippen molar-refractivity contribution in [1.82, 2.24) is 0 Å². The van der Waals surface area contributed by atoms with Crippen LogP contribution in [0.4, 0.5) is 0 Å². The fraction of sp³-hybridized carbons (Fsp3) is 0.909. The van der Waals surface area contributed by atoms with Gasteiger partial charge in [0.15, 0.2) is 0 Å². The van der Waals surface area contributed by atoms with Crippen molar-refractivity contribution in [3.63, 3.8) is 0 Å². The molecule has 1 rings (SSSR count). The second kappa shape index (κ2) is 5.21. The van der Waals surface area contributed by atoms with Gasteiger partial charge in [-0.2, -0.15) is 11.8 Å². The normalized spacial score (nSPS) is 24.7. The van der Waals surface area contributed by atoms with E-state index in [2.05, 4.69) is 13.8 Å². The van der Waals surface area contributed by atoms with Gasteiger partial charge < -0.3 is 10.5 Å². The van der Waals surface area contributed by atoms with Crippen LogP contribution in [0.5, 0.6) is 0 Å². The molecule has 0 aromatic heterocycles. The Morgan fingerprint density at radius 3 is 2.73 bits per heavy atom. The lowest BCUT2D eigenvalue weighted by molar-refractivity contribution is -0.146. The Bertz CT molecular complexity index is 225. The number of hydrogen-bond acceptors (Lipinski definition) is 4. The van der Waals surface area contributed by atoms with Crippen LogP contribution in [0.15, 0.2) is 0 Å². The monoisotopic (exact) mass is 231 g/mol. The van der Waals surface area contributed by atoms with Crippen LogP contribution in [0.3, 0.4) is 0 Å². The SMILES string of the molecule is COC(=O)C(N)C(C)(C)C1CCCSC1. The van der Waals surface area contributed by atoms with E-state index < -0.39 is 6.04 Å². The lowest BCUT2D eigenvalue weighted by Gasteiger charge is -2.39. The highest BCUT2D eigenvalue weighted by molar-refractivity contribution is 7.99. The zero-order chi connectivity index (χ0) is 11.5. The predicted octanol–water partition coefficient (Wildman–Crippen LogP) is 1.66. The third-order valence-electron chi connectivity index (χ3n) is 3.47. The Morgan fingerprint density at radius 1 is 1.60 bits per heavy atom. The van der Waals surface area contributed by atoms with Gasteiger partial charge in [0.1, 0.15) is 6.04 Å². The zero-order valence-electron chi connectivity index (χ0n) is 9.79. The van der Waals surface area contributed by atoms with Crippen LogP contribution in [0.25, 0.3) is 0 Å². The Kier molecular flexibility index (Phi) is 4.46. The molecule has 4 heteroatoms. The third kappa shape index (κ3) is 2.88. The molecule has 88 valence electrons. The van der Waals surface area contributed by atoms with Gasteiger partial charge in [-0.05, 0) is 35.7 Å². The van der Waals surface area contributed by atoms with Gasteiger partial charge in [0.2, 0.25) is 0 Å². The van der Waals surface area contributed by atoms with Crippen LogP contribution in [-0.4, -0.2) is 30.6 Å². The van der Waals surface area contributed by atoms with E-state index in [1.807, 2.05) is 11.8 Å². The number of carbonyl (C=O) groups is 1. The van der Waals surface area contributed by atoms with E-state index >= 15 is 0 Å². The van der Waals surface area contributed by atoms with Crippen molar-refractivity contribution in [3.05, 3.63) is 0 Å². The first-order chi connectivity index (χ1) is 7.00.